The third-order valence-corrected chi connectivity index (χ3v) is 6.30. The number of hydrogen-bond acceptors (Lipinski definition) is 8. The van der Waals surface area contributed by atoms with Crippen LogP contribution < -0.4 is 15.8 Å². The van der Waals surface area contributed by atoms with Crippen molar-refractivity contribution < 1.29 is 19.3 Å². The van der Waals surface area contributed by atoms with Crippen molar-refractivity contribution in [3.05, 3.63) is 57.5 Å². The molecule has 2 aromatic rings. The van der Waals surface area contributed by atoms with Gasteiger partial charge in [0.2, 0.25) is 0 Å². The van der Waals surface area contributed by atoms with Gasteiger partial charge in [0.1, 0.15) is 23.9 Å². The Balaban J connectivity index is 1.55. The number of ether oxygens (including phenoxy) is 1. The van der Waals surface area contributed by atoms with Crippen LogP contribution in [0.5, 0.6) is 5.75 Å². The number of nitrogens with two attached hydrogens (primary N) is 1. The zero-order valence-corrected chi connectivity index (χ0v) is 18.7. The minimum Gasteiger partial charge on any atom is -0.488 e. The number of aromatic nitrogens is 2. The van der Waals surface area contributed by atoms with Gasteiger partial charge in [0, 0.05) is 55.5 Å². The van der Waals surface area contributed by atoms with E-state index in [2.05, 4.69) is 15.3 Å². The molecule has 0 bridgehead atoms. The van der Waals surface area contributed by atoms with E-state index in [0.29, 0.717) is 66.1 Å². The van der Waals surface area contributed by atoms with Crippen molar-refractivity contribution >= 4 is 17.2 Å². The molecule has 3 atom stereocenters. The van der Waals surface area contributed by atoms with Crippen molar-refractivity contribution in [1.82, 2.24) is 20.2 Å². The monoisotopic (exact) mass is 463 g/mol. The average Bonchev–Trinajstić information content (AvgIpc) is 3.13. The van der Waals surface area contributed by atoms with Crippen LogP contribution in [0.2, 0.25) is 5.02 Å². The van der Waals surface area contributed by atoms with Gasteiger partial charge in [-0.05, 0) is 26.0 Å². The molecule has 0 spiro atoms. The molecule has 2 aliphatic heterocycles. The van der Waals surface area contributed by atoms with E-state index in [1.54, 1.807) is 18.7 Å². The van der Waals surface area contributed by atoms with Gasteiger partial charge in [-0.3, -0.25) is 4.90 Å². The van der Waals surface area contributed by atoms with Gasteiger partial charge in [-0.1, -0.05) is 11.6 Å². The van der Waals surface area contributed by atoms with Gasteiger partial charge in [-0.15, -0.1) is 0 Å². The molecule has 1 aromatic heterocycles. The molecule has 3 heterocycles. The third-order valence-electron chi connectivity index (χ3n) is 5.75. The average molecular weight is 464 g/mol. The molecular formula is C22H27ClFN5O3. The van der Waals surface area contributed by atoms with E-state index >= 15 is 0 Å². The van der Waals surface area contributed by atoms with Crippen LogP contribution in [0.1, 0.15) is 35.4 Å². The first kappa shape index (κ1) is 22.9. The zero-order chi connectivity index (χ0) is 23.0. The second-order valence-electron chi connectivity index (χ2n) is 8.28. The lowest BCUT2D eigenvalue weighted by Gasteiger charge is -2.30. The molecule has 2 aliphatic rings. The fourth-order valence-electron chi connectivity index (χ4n) is 4.07. The normalized spacial score (nSPS) is 22.9. The number of benzene rings is 1. The molecular weight excluding hydrogens is 437 g/mol. The summed E-state index contributed by atoms with van der Waals surface area (Å²) in [4.78, 5) is 10.6. The van der Waals surface area contributed by atoms with Gasteiger partial charge >= 0.3 is 0 Å². The van der Waals surface area contributed by atoms with Gasteiger partial charge in [0.25, 0.3) is 0 Å². The van der Waals surface area contributed by atoms with Gasteiger partial charge in [-0.2, -0.15) is 0 Å². The fourth-order valence-corrected chi connectivity index (χ4v) is 4.15. The van der Waals surface area contributed by atoms with Gasteiger partial charge in [0.05, 0.1) is 22.5 Å². The number of aliphatic hydroxyl groups excluding tert-OH is 2. The summed E-state index contributed by atoms with van der Waals surface area (Å²) in [5.74, 6) is 0.245. The second kappa shape index (κ2) is 9.29. The number of aryl methyl sites for hydroxylation is 2. The highest BCUT2D eigenvalue weighted by molar-refractivity contribution is 6.31. The minimum absolute atomic E-state index is 0.236. The Labute approximate surface area is 190 Å². The Morgan fingerprint density at radius 1 is 1.25 bits per heavy atom. The molecule has 4 rings (SSSR count). The van der Waals surface area contributed by atoms with Crippen molar-refractivity contribution in [2.45, 2.75) is 38.7 Å². The molecule has 1 aromatic carbocycles. The summed E-state index contributed by atoms with van der Waals surface area (Å²) in [7, 11) is 0. The summed E-state index contributed by atoms with van der Waals surface area (Å²) in [5, 5.41) is 24.6. The van der Waals surface area contributed by atoms with E-state index in [-0.39, 0.29) is 11.9 Å². The number of piperidine rings is 1. The molecule has 0 amide bonds. The van der Waals surface area contributed by atoms with Crippen molar-refractivity contribution in [2.75, 3.05) is 26.2 Å². The summed E-state index contributed by atoms with van der Waals surface area (Å²) in [6.45, 7) is 5.23. The number of nitrogens with one attached hydrogen (secondary N) is 1. The lowest BCUT2D eigenvalue weighted by molar-refractivity contribution is 0.0163. The van der Waals surface area contributed by atoms with E-state index in [4.69, 9.17) is 22.1 Å². The van der Waals surface area contributed by atoms with E-state index in [1.165, 1.54) is 18.2 Å². The minimum atomic E-state index is -1.09. The summed E-state index contributed by atoms with van der Waals surface area (Å²) in [6, 6.07) is 4.04. The number of aliphatic hydroxyl groups is 2. The van der Waals surface area contributed by atoms with Crippen LogP contribution >= 0.6 is 11.6 Å². The molecule has 0 saturated carbocycles. The predicted octanol–water partition coefficient (Wildman–Crippen LogP) is 1.66. The smallest absolute Gasteiger partial charge is 0.158 e. The maximum absolute atomic E-state index is 14.0. The Kier molecular flexibility index (Phi) is 6.64. The van der Waals surface area contributed by atoms with E-state index in [0.717, 1.165) is 5.57 Å². The number of halogens is 2. The molecule has 172 valence electrons. The Morgan fingerprint density at radius 2 is 1.97 bits per heavy atom. The van der Waals surface area contributed by atoms with Crippen LogP contribution in [0.15, 0.2) is 23.9 Å². The highest BCUT2D eigenvalue weighted by Crippen LogP contribution is 2.34. The molecule has 8 nitrogen and oxygen atoms in total. The van der Waals surface area contributed by atoms with E-state index in [9.17, 15) is 14.6 Å². The van der Waals surface area contributed by atoms with Crippen LogP contribution in [0.4, 0.5) is 4.39 Å². The maximum atomic E-state index is 14.0. The molecule has 10 heteroatoms. The van der Waals surface area contributed by atoms with Crippen LogP contribution in [0.25, 0.3) is 5.57 Å². The Morgan fingerprint density at radius 3 is 2.66 bits per heavy atom. The molecule has 0 aliphatic carbocycles. The molecule has 32 heavy (non-hydrogen) atoms. The number of β-amino-alcohol motifs (C(OH)–C–C–N with tert-alkyl or cyclic N) is 1. The predicted molar refractivity (Wildman–Crippen MR) is 118 cm³/mol. The van der Waals surface area contributed by atoms with Crippen LogP contribution in [0.3, 0.4) is 0 Å². The Bertz CT molecular complexity index is 1030. The molecule has 3 unspecified atom stereocenters. The highest BCUT2D eigenvalue weighted by Gasteiger charge is 2.31. The lowest BCUT2D eigenvalue weighted by atomic mass is 10.1. The fraction of sp³-hybridized carbons (Fsp3) is 0.455. The summed E-state index contributed by atoms with van der Waals surface area (Å²) in [5.41, 5.74) is 9.28. The van der Waals surface area contributed by atoms with Gasteiger partial charge < -0.3 is 26.0 Å². The van der Waals surface area contributed by atoms with Crippen LogP contribution in [0, 0.1) is 19.7 Å². The first-order valence-corrected chi connectivity index (χ1v) is 10.9. The topological polar surface area (TPSA) is 117 Å². The Hall–Kier alpha value is -2.30. The third kappa shape index (κ3) is 4.72. The molecule has 0 radical (unpaired) electrons. The first-order valence-electron chi connectivity index (χ1n) is 10.5. The second-order valence-corrected chi connectivity index (χ2v) is 8.66. The van der Waals surface area contributed by atoms with Crippen molar-refractivity contribution in [3.8, 4) is 5.75 Å². The molecule has 1 fully saturated rings. The molecule has 1 saturated heterocycles. The summed E-state index contributed by atoms with van der Waals surface area (Å²) < 4.78 is 19.9. The van der Waals surface area contributed by atoms with Crippen LogP contribution in [-0.2, 0) is 0 Å². The summed E-state index contributed by atoms with van der Waals surface area (Å²) in [6.07, 6.45) is -1.53. The number of rotatable bonds is 5. The highest BCUT2D eigenvalue weighted by atomic mass is 35.5. The zero-order valence-electron chi connectivity index (χ0n) is 18.0. The standard InChI is InChI=1S/C22H27ClFN5O3/c1-11-20(23)12(2)28-21(27-11)17-9-29(10-18(17)25)22(31)16-4-3-13(24)5-19(16)32-15-6-14(30)7-26-8-15/h3-5,14-15,22,26,30-31H,6-10,25H2,1-2H3. The van der Waals surface area contributed by atoms with E-state index in [1.807, 2.05) is 0 Å². The van der Waals surface area contributed by atoms with E-state index < -0.39 is 18.1 Å². The number of hydrogen-bond donors (Lipinski definition) is 4. The van der Waals surface area contributed by atoms with Crippen molar-refractivity contribution in [1.29, 1.82) is 0 Å². The van der Waals surface area contributed by atoms with Crippen molar-refractivity contribution in [2.24, 2.45) is 5.73 Å². The largest absolute Gasteiger partial charge is 0.488 e. The lowest BCUT2D eigenvalue weighted by Crippen LogP contribution is -2.45. The maximum Gasteiger partial charge on any atom is 0.158 e. The first-order chi connectivity index (χ1) is 15.2. The van der Waals surface area contributed by atoms with Gasteiger partial charge in [-0.25, -0.2) is 14.4 Å². The quantitative estimate of drug-likeness (QED) is 0.529. The summed E-state index contributed by atoms with van der Waals surface area (Å²) >= 11 is 6.18. The van der Waals surface area contributed by atoms with Crippen LogP contribution in [-0.4, -0.2) is 63.5 Å². The van der Waals surface area contributed by atoms with Gasteiger partial charge in [0.15, 0.2) is 5.82 Å². The SMILES string of the molecule is Cc1nc(C2=C(N)CN(C(O)c3ccc(F)cc3OC3CNCC(O)C3)C2)nc(C)c1Cl. The number of nitrogens with zero attached hydrogens (tertiary/aromatic N) is 3. The van der Waals surface area contributed by atoms with Crippen molar-refractivity contribution in [3.63, 3.8) is 0 Å². The molecule has 5 N–H and O–H groups in total.